The van der Waals surface area contributed by atoms with Crippen molar-refractivity contribution >= 4 is 18.0 Å². The molecule has 1 fully saturated rings. The summed E-state index contributed by atoms with van der Waals surface area (Å²) in [6, 6.07) is 15.3. The number of carbonyl (C=O) groups excluding carboxylic acids is 2. The van der Waals surface area contributed by atoms with Crippen molar-refractivity contribution in [2.24, 2.45) is 0 Å². The molecule has 7 nitrogen and oxygen atoms in total. The van der Waals surface area contributed by atoms with Gasteiger partial charge in [0.2, 0.25) is 5.91 Å². The molecule has 0 unspecified atom stereocenters. The largest absolute Gasteiger partial charge is 0.480 e. The van der Waals surface area contributed by atoms with Crippen LogP contribution in [0.3, 0.4) is 0 Å². The van der Waals surface area contributed by atoms with E-state index in [1.807, 2.05) is 36.4 Å². The van der Waals surface area contributed by atoms with Crippen LogP contribution in [0.1, 0.15) is 36.3 Å². The van der Waals surface area contributed by atoms with Crippen molar-refractivity contribution < 1.29 is 24.2 Å². The van der Waals surface area contributed by atoms with Gasteiger partial charge in [-0.15, -0.1) is 0 Å². The van der Waals surface area contributed by atoms with Crippen LogP contribution >= 0.6 is 0 Å². The van der Waals surface area contributed by atoms with Gasteiger partial charge in [-0.05, 0) is 41.5 Å². The van der Waals surface area contributed by atoms with Crippen LogP contribution in [0.25, 0.3) is 11.1 Å². The number of hydrogen-bond donors (Lipinski definition) is 2. The number of fused-ring (bicyclic) bond motifs is 3. The Bertz CT molecular complexity index is 928. The Morgan fingerprint density at radius 3 is 2.27 bits per heavy atom. The number of carbonyl (C=O) groups is 3. The summed E-state index contributed by atoms with van der Waals surface area (Å²) in [4.78, 5) is 37.3. The number of amides is 2. The highest BCUT2D eigenvalue weighted by Gasteiger charge is 2.32. The van der Waals surface area contributed by atoms with E-state index in [9.17, 15) is 19.5 Å². The minimum Gasteiger partial charge on any atom is -0.480 e. The molecule has 2 aromatic rings. The van der Waals surface area contributed by atoms with Gasteiger partial charge in [-0.1, -0.05) is 48.5 Å². The standard InChI is InChI=1S/C23H24N2O5/c26-21(25-12-6-5-11-20(25)22(27)28)13-24-23(29)30-14-19-17-9-3-1-7-15(17)16-8-2-4-10-18(16)19/h1-4,7-10,19-20H,5-6,11-14H2,(H,24,29)(H,27,28)/t20-/m1/s1. The molecule has 0 spiro atoms. The van der Waals surface area contributed by atoms with E-state index in [4.69, 9.17) is 4.74 Å². The molecule has 2 aromatic carbocycles. The molecule has 1 heterocycles. The third-order valence-corrected chi connectivity index (χ3v) is 5.84. The van der Waals surface area contributed by atoms with E-state index in [0.29, 0.717) is 13.0 Å². The third-order valence-electron chi connectivity index (χ3n) is 5.84. The van der Waals surface area contributed by atoms with Gasteiger partial charge in [-0.25, -0.2) is 9.59 Å². The fourth-order valence-electron chi connectivity index (χ4n) is 4.39. The molecular formula is C23H24N2O5. The predicted molar refractivity (Wildman–Crippen MR) is 110 cm³/mol. The van der Waals surface area contributed by atoms with Crippen LogP contribution in [-0.4, -0.2) is 53.7 Å². The number of rotatable bonds is 5. The lowest BCUT2D eigenvalue weighted by molar-refractivity contribution is -0.151. The van der Waals surface area contributed by atoms with Crippen LogP contribution in [0.2, 0.25) is 0 Å². The van der Waals surface area contributed by atoms with Crippen molar-refractivity contribution in [3.63, 3.8) is 0 Å². The van der Waals surface area contributed by atoms with E-state index in [2.05, 4.69) is 17.4 Å². The van der Waals surface area contributed by atoms with Crippen molar-refractivity contribution in [3.05, 3.63) is 59.7 Å². The van der Waals surface area contributed by atoms with Crippen LogP contribution in [-0.2, 0) is 14.3 Å². The lowest BCUT2D eigenvalue weighted by Crippen LogP contribution is -2.51. The number of carboxylic acid groups (broad SMARTS) is 1. The minimum absolute atomic E-state index is 0.0580. The maximum Gasteiger partial charge on any atom is 0.407 e. The Labute approximate surface area is 174 Å². The fraction of sp³-hybridized carbons (Fsp3) is 0.348. The van der Waals surface area contributed by atoms with Gasteiger partial charge in [0.15, 0.2) is 0 Å². The lowest BCUT2D eigenvalue weighted by Gasteiger charge is -2.32. The van der Waals surface area contributed by atoms with Crippen LogP contribution < -0.4 is 5.32 Å². The molecule has 30 heavy (non-hydrogen) atoms. The zero-order valence-corrected chi connectivity index (χ0v) is 16.5. The van der Waals surface area contributed by atoms with Gasteiger partial charge in [-0.2, -0.15) is 0 Å². The lowest BCUT2D eigenvalue weighted by atomic mass is 9.98. The Morgan fingerprint density at radius 2 is 1.63 bits per heavy atom. The van der Waals surface area contributed by atoms with E-state index in [0.717, 1.165) is 35.1 Å². The van der Waals surface area contributed by atoms with E-state index in [1.54, 1.807) is 0 Å². The normalized spacial score (nSPS) is 17.7. The number of benzene rings is 2. The van der Waals surface area contributed by atoms with Gasteiger partial charge in [0.1, 0.15) is 19.2 Å². The number of nitrogens with zero attached hydrogens (tertiary/aromatic N) is 1. The van der Waals surface area contributed by atoms with Gasteiger partial charge in [-0.3, -0.25) is 4.79 Å². The highest BCUT2D eigenvalue weighted by Crippen LogP contribution is 2.44. The molecule has 2 aliphatic rings. The van der Waals surface area contributed by atoms with Crippen molar-refractivity contribution in [2.45, 2.75) is 31.2 Å². The molecule has 0 saturated carbocycles. The Morgan fingerprint density at radius 1 is 1.00 bits per heavy atom. The number of hydrogen-bond acceptors (Lipinski definition) is 4. The number of likely N-dealkylation sites (tertiary alicyclic amines) is 1. The second kappa shape index (κ2) is 8.57. The van der Waals surface area contributed by atoms with Crippen molar-refractivity contribution in [1.82, 2.24) is 10.2 Å². The monoisotopic (exact) mass is 408 g/mol. The van der Waals surface area contributed by atoms with Crippen molar-refractivity contribution in [1.29, 1.82) is 0 Å². The number of piperidine rings is 1. The fourth-order valence-corrected chi connectivity index (χ4v) is 4.39. The molecule has 4 rings (SSSR count). The maximum atomic E-state index is 12.4. The second-order valence-electron chi connectivity index (χ2n) is 7.62. The summed E-state index contributed by atoms with van der Waals surface area (Å²) in [6.07, 6.45) is 1.29. The maximum absolute atomic E-state index is 12.4. The summed E-state index contributed by atoms with van der Waals surface area (Å²) in [7, 11) is 0. The summed E-state index contributed by atoms with van der Waals surface area (Å²) in [5.41, 5.74) is 4.50. The minimum atomic E-state index is -1.01. The predicted octanol–water partition coefficient (Wildman–Crippen LogP) is 2.99. The highest BCUT2D eigenvalue weighted by molar-refractivity contribution is 5.87. The average Bonchev–Trinajstić information content (AvgIpc) is 3.10. The Kier molecular flexibility index (Phi) is 5.70. The number of aliphatic carboxylic acids is 1. The quantitative estimate of drug-likeness (QED) is 0.793. The molecule has 1 aliphatic carbocycles. The first kappa shape index (κ1) is 19.9. The third kappa shape index (κ3) is 3.87. The molecule has 1 saturated heterocycles. The molecule has 7 heteroatoms. The summed E-state index contributed by atoms with van der Waals surface area (Å²) < 4.78 is 5.41. The first-order chi connectivity index (χ1) is 14.6. The molecule has 0 radical (unpaired) electrons. The number of ether oxygens (including phenoxy) is 1. The molecule has 0 aromatic heterocycles. The van der Waals surface area contributed by atoms with E-state index >= 15 is 0 Å². The molecule has 1 atom stereocenters. The van der Waals surface area contributed by atoms with Crippen LogP contribution in [0, 0.1) is 0 Å². The van der Waals surface area contributed by atoms with Gasteiger partial charge in [0.25, 0.3) is 0 Å². The summed E-state index contributed by atoms with van der Waals surface area (Å²) in [5, 5.41) is 11.8. The van der Waals surface area contributed by atoms with Gasteiger partial charge < -0.3 is 20.1 Å². The van der Waals surface area contributed by atoms with Crippen LogP contribution in [0.4, 0.5) is 4.79 Å². The van der Waals surface area contributed by atoms with Crippen molar-refractivity contribution in [2.75, 3.05) is 19.7 Å². The molecule has 1 aliphatic heterocycles. The SMILES string of the molecule is O=C(NCC(=O)N1CCCC[C@@H]1C(=O)O)OCC1c2ccccc2-c2ccccc21. The Hall–Kier alpha value is -3.35. The van der Waals surface area contributed by atoms with Gasteiger partial charge in [0.05, 0.1) is 0 Å². The van der Waals surface area contributed by atoms with Gasteiger partial charge in [0, 0.05) is 12.5 Å². The smallest absolute Gasteiger partial charge is 0.407 e. The summed E-state index contributed by atoms with van der Waals surface area (Å²) in [5.74, 6) is -1.47. The highest BCUT2D eigenvalue weighted by atomic mass is 16.5. The van der Waals surface area contributed by atoms with E-state index < -0.39 is 24.0 Å². The zero-order chi connectivity index (χ0) is 21.1. The zero-order valence-electron chi connectivity index (χ0n) is 16.5. The topological polar surface area (TPSA) is 95.9 Å². The Balaban J connectivity index is 1.34. The molecule has 0 bridgehead atoms. The number of nitrogens with one attached hydrogen (secondary N) is 1. The van der Waals surface area contributed by atoms with Crippen LogP contribution in [0.5, 0.6) is 0 Å². The summed E-state index contributed by atoms with van der Waals surface area (Å²) in [6.45, 7) is 0.276. The molecule has 2 N–H and O–H groups in total. The van der Waals surface area contributed by atoms with Crippen molar-refractivity contribution in [3.8, 4) is 11.1 Å². The molecule has 2 amide bonds. The first-order valence-electron chi connectivity index (χ1n) is 10.2. The van der Waals surface area contributed by atoms with Crippen LogP contribution in [0.15, 0.2) is 48.5 Å². The molecular weight excluding hydrogens is 384 g/mol. The molecule has 156 valence electrons. The number of carboxylic acids is 1. The van der Waals surface area contributed by atoms with E-state index in [1.165, 1.54) is 4.90 Å². The average molecular weight is 408 g/mol. The second-order valence-corrected chi connectivity index (χ2v) is 7.62. The number of alkyl carbamates (subject to hydrolysis) is 1. The van der Waals surface area contributed by atoms with E-state index in [-0.39, 0.29) is 19.1 Å². The van der Waals surface area contributed by atoms with Gasteiger partial charge >= 0.3 is 12.1 Å². The summed E-state index contributed by atoms with van der Waals surface area (Å²) >= 11 is 0. The first-order valence-corrected chi connectivity index (χ1v) is 10.2.